The number of rotatable bonds is 6. The summed E-state index contributed by atoms with van der Waals surface area (Å²) in [5, 5.41) is 10.4. The van der Waals surface area contributed by atoms with Crippen molar-refractivity contribution in [1.82, 2.24) is 4.90 Å². The van der Waals surface area contributed by atoms with E-state index in [2.05, 4.69) is 0 Å². The molecule has 0 saturated heterocycles. The number of aliphatic carboxylic acids is 1. The van der Waals surface area contributed by atoms with Crippen LogP contribution in [0.3, 0.4) is 0 Å². The molecule has 228 valence electrons. The molecule has 5 aromatic carbocycles. The Labute approximate surface area is 288 Å². The monoisotopic (exact) mass is 769 g/mol. The second-order valence-corrected chi connectivity index (χ2v) is 11.8. The van der Waals surface area contributed by atoms with Crippen LogP contribution in [0.5, 0.6) is 0 Å². The predicted octanol–water partition coefficient (Wildman–Crippen LogP) is 8.44. The summed E-state index contributed by atoms with van der Waals surface area (Å²) in [5.41, 5.74) is 5.66. The second kappa shape index (κ2) is 13.5. The maximum Gasteiger partial charge on any atom is 0.327 e. The van der Waals surface area contributed by atoms with Crippen LogP contribution in [0.15, 0.2) is 121 Å². The Balaban J connectivity index is 0.00000230. The Hall–Kier alpha value is -4.04. The third kappa shape index (κ3) is 6.00. The van der Waals surface area contributed by atoms with Gasteiger partial charge in [-0.2, -0.15) is 0 Å². The van der Waals surface area contributed by atoms with E-state index in [4.69, 9.17) is 0 Å². The molecule has 6 rings (SSSR count). The molecule has 5 aromatic rings. The Kier molecular flexibility index (Phi) is 10.2. The van der Waals surface area contributed by atoms with E-state index in [1.54, 1.807) is 20.8 Å². The van der Waals surface area contributed by atoms with Gasteiger partial charge in [-0.25, -0.2) is 4.79 Å². The molecule has 1 aliphatic heterocycles. The zero-order valence-electron chi connectivity index (χ0n) is 25.0. The van der Waals surface area contributed by atoms with Crippen molar-refractivity contribution in [3.8, 4) is 44.5 Å². The van der Waals surface area contributed by atoms with E-state index in [-0.39, 0.29) is 50.1 Å². The molecular formula is C38H31NO4Ru2. The Morgan fingerprint density at radius 1 is 0.511 bits per heavy atom. The van der Waals surface area contributed by atoms with Crippen LogP contribution in [0, 0.1) is 5.41 Å². The SMILES string of the molecule is CC(C)(C)C(C(=O)O)N1C(=O)c2c(c(-c3ccccc3)c(-c3ccccc3)c(-c3ccccc3)c2-c2ccccc2)C1=O.[Ru].[Ru]. The molecule has 1 N–H and O–H groups in total. The summed E-state index contributed by atoms with van der Waals surface area (Å²) in [6, 6.07) is 37.5. The maximum absolute atomic E-state index is 14.7. The zero-order chi connectivity index (χ0) is 30.3. The minimum atomic E-state index is -1.37. The van der Waals surface area contributed by atoms with Crippen LogP contribution < -0.4 is 0 Å². The molecule has 0 spiro atoms. The van der Waals surface area contributed by atoms with E-state index in [0.717, 1.165) is 38.3 Å². The van der Waals surface area contributed by atoms with Gasteiger partial charge in [0.25, 0.3) is 11.8 Å². The third-order valence-corrected chi connectivity index (χ3v) is 7.93. The minimum absolute atomic E-state index is 0. The molecule has 7 heteroatoms. The number of hydrogen-bond donors (Lipinski definition) is 1. The van der Waals surface area contributed by atoms with Crippen molar-refractivity contribution in [3.05, 3.63) is 132 Å². The number of amides is 2. The molecule has 1 heterocycles. The Morgan fingerprint density at radius 2 is 0.756 bits per heavy atom. The quantitative estimate of drug-likeness (QED) is 0.139. The number of carbonyl (C=O) groups excluding carboxylic acids is 2. The van der Waals surface area contributed by atoms with Crippen LogP contribution in [-0.2, 0) is 43.8 Å². The molecular weight excluding hydrogens is 737 g/mol. The zero-order valence-corrected chi connectivity index (χ0v) is 28.4. The van der Waals surface area contributed by atoms with E-state index >= 15 is 0 Å². The van der Waals surface area contributed by atoms with E-state index in [9.17, 15) is 19.5 Å². The Morgan fingerprint density at radius 3 is 0.978 bits per heavy atom. The first-order valence-electron chi connectivity index (χ1n) is 14.3. The first-order chi connectivity index (χ1) is 20.7. The summed E-state index contributed by atoms with van der Waals surface area (Å²) < 4.78 is 0. The van der Waals surface area contributed by atoms with E-state index < -0.39 is 29.2 Å². The van der Waals surface area contributed by atoms with Crippen molar-refractivity contribution in [2.75, 3.05) is 0 Å². The van der Waals surface area contributed by atoms with Crippen molar-refractivity contribution in [2.45, 2.75) is 26.8 Å². The second-order valence-electron chi connectivity index (χ2n) is 11.8. The van der Waals surface area contributed by atoms with Gasteiger partial charge in [0.1, 0.15) is 6.04 Å². The number of carboxylic acids is 1. The summed E-state index contributed by atoms with van der Waals surface area (Å²) >= 11 is 0. The number of imide groups is 1. The summed E-state index contributed by atoms with van der Waals surface area (Å²) in [6.45, 7) is 5.20. The normalized spacial score (nSPS) is 13.0. The fourth-order valence-electron chi connectivity index (χ4n) is 6.19. The molecule has 0 fully saturated rings. The number of benzene rings is 5. The summed E-state index contributed by atoms with van der Waals surface area (Å²) in [5.74, 6) is -2.43. The van der Waals surface area contributed by atoms with Crippen molar-refractivity contribution >= 4 is 17.8 Å². The summed E-state index contributed by atoms with van der Waals surface area (Å²) in [6.07, 6.45) is 0. The molecule has 45 heavy (non-hydrogen) atoms. The average Bonchev–Trinajstić information content (AvgIpc) is 3.26. The maximum atomic E-state index is 14.7. The van der Waals surface area contributed by atoms with Gasteiger partial charge >= 0.3 is 5.97 Å². The van der Waals surface area contributed by atoms with E-state index in [1.807, 2.05) is 121 Å². The van der Waals surface area contributed by atoms with Gasteiger partial charge in [0.2, 0.25) is 0 Å². The largest absolute Gasteiger partial charge is 0.480 e. The molecule has 5 nitrogen and oxygen atoms in total. The van der Waals surface area contributed by atoms with Crippen LogP contribution in [0.2, 0.25) is 0 Å². The predicted molar refractivity (Wildman–Crippen MR) is 170 cm³/mol. The molecule has 1 atom stereocenters. The van der Waals surface area contributed by atoms with Crippen LogP contribution in [-0.4, -0.2) is 33.8 Å². The molecule has 0 radical (unpaired) electrons. The number of fused-ring (bicyclic) bond motifs is 1. The standard InChI is InChI=1S/C38H31NO4.2Ru/c1-38(2,3)34(37(42)43)39-35(40)32-30(26-20-12-6-13-21-26)28(24-16-8-4-9-17-24)29(25-18-10-5-11-19-25)31(33(32)36(39)41)27-22-14-7-15-23-27;;/h4-23,34H,1-3H3,(H,42,43);;. The van der Waals surface area contributed by atoms with Crippen molar-refractivity contribution in [3.63, 3.8) is 0 Å². The molecule has 2 amide bonds. The Bertz CT molecular complexity index is 1730. The molecule has 0 bridgehead atoms. The van der Waals surface area contributed by atoms with Gasteiger partial charge in [0, 0.05) is 50.1 Å². The van der Waals surface area contributed by atoms with Crippen molar-refractivity contribution in [2.24, 2.45) is 5.41 Å². The average molecular weight is 768 g/mol. The summed E-state index contributed by atoms with van der Waals surface area (Å²) in [4.78, 5) is 43.0. The van der Waals surface area contributed by atoms with E-state index in [0.29, 0.717) is 11.1 Å². The van der Waals surface area contributed by atoms with Gasteiger partial charge < -0.3 is 5.11 Å². The molecule has 1 aliphatic rings. The van der Waals surface area contributed by atoms with Crippen molar-refractivity contribution in [1.29, 1.82) is 0 Å². The van der Waals surface area contributed by atoms with Crippen LogP contribution in [0.4, 0.5) is 0 Å². The fourth-order valence-corrected chi connectivity index (χ4v) is 6.19. The molecule has 0 saturated carbocycles. The first-order valence-corrected chi connectivity index (χ1v) is 14.3. The number of hydrogen-bond acceptors (Lipinski definition) is 3. The molecule has 1 unspecified atom stereocenters. The number of carboxylic acid groups (broad SMARTS) is 1. The molecule has 0 aromatic heterocycles. The van der Waals surface area contributed by atoms with Crippen LogP contribution in [0.25, 0.3) is 44.5 Å². The van der Waals surface area contributed by atoms with Gasteiger partial charge in [0.05, 0.1) is 11.1 Å². The topological polar surface area (TPSA) is 74.7 Å². The first kappa shape index (κ1) is 33.8. The smallest absolute Gasteiger partial charge is 0.327 e. The van der Waals surface area contributed by atoms with Gasteiger partial charge in [-0.05, 0) is 38.8 Å². The van der Waals surface area contributed by atoms with Gasteiger partial charge in [-0.3, -0.25) is 14.5 Å². The minimum Gasteiger partial charge on any atom is -0.480 e. The molecule has 0 aliphatic carbocycles. The van der Waals surface area contributed by atoms with Gasteiger partial charge in [-0.1, -0.05) is 142 Å². The van der Waals surface area contributed by atoms with E-state index in [1.165, 1.54) is 0 Å². The number of carbonyl (C=O) groups is 3. The van der Waals surface area contributed by atoms with Gasteiger partial charge in [0.15, 0.2) is 0 Å². The van der Waals surface area contributed by atoms with Gasteiger partial charge in [-0.15, -0.1) is 0 Å². The van der Waals surface area contributed by atoms with Crippen LogP contribution >= 0.6 is 0 Å². The third-order valence-electron chi connectivity index (χ3n) is 7.93. The van der Waals surface area contributed by atoms with Crippen LogP contribution in [0.1, 0.15) is 41.5 Å². The van der Waals surface area contributed by atoms with Crippen molar-refractivity contribution < 1.29 is 58.4 Å². The fraction of sp³-hybridized carbons (Fsp3) is 0.132. The summed E-state index contributed by atoms with van der Waals surface area (Å²) in [7, 11) is 0. The number of nitrogens with zero attached hydrogens (tertiary/aromatic N) is 1.